The van der Waals surface area contributed by atoms with Gasteiger partial charge < -0.3 is 5.32 Å². The van der Waals surface area contributed by atoms with Gasteiger partial charge in [-0.1, -0.05) is 6.92 Å². The SMILES string of the molecule is CCC(CNC)N1CC2CCCN2CC1C. The molecule has 1 N–H and O–H groups in total. The van der Waals surface area contributed by atoms with Gasteiger partial charge in [0.1, 0.15) is 0 Å². The molecule has 2 fully saturated rings. The van der Waals surface area contributed by atoms with E-state index in [1.807, 2.05) is 0 Å². The minimum Gasteiger partial charge on any atom is -0.318 e. The molecule has 0 amide bonds. The normalized spacial score (nSPS) is 33.9. The largest absolute Gasteiger partial charge is 0.318 e. The highest BCUT2D eigenvalue weighted by atomic mass is 15.3. The zero-order valence-corrected chi connectivity index (χ0v) is 11.1. The summed E-state index contributed by atoms with van der Waals surface area (Å²) in [6.45, 7) is 9.76. The molecule has 3 nitrogen and oxygen atoms in total. The lowest BCUT2D eigenvalue weighted by molar-refractivity contribution is 0.0271. The number of hydrogen-bond donors (Lipinski definition) is 1. The number of fused-ring (bicyclic) bond motifs is 1. The highest BCUT2D eigenvalue weighted by molar-refractivity contribution is 4.93. The molecule has 0 aromatic heterocycles. The molecule has 94 valence electrons. The third-order valence-electron chi connectivity index (χ3n) is 4.37. The van der Waals surface area contributed by atoms with Crippen LogP contribution in [-0.4, -0.2) is 61.2 Å². The van der Waals surface area contributed by atoms with Crippen LogP contribution in [0, 0.1) is 0 Å². The summed E-state index contributed by atoms with van der Waals surface area (Å²) in [5, 5.41) is 3.34. The average molecular weight is 225 g/mol. The van der Waals surface area contributed by atoms with Crippen LogP contribution in [0.1, 0.15) is 33.1 Å². The van der Waals surface area contributed by atoms with Crippen LogP contribution in [0.25, 0.3) is 0 Å². The van der Waals surface area contributed by atoms with Gasteiger partial charge in [-0.3, -0.25) is 9.80 Å². The fourth-order valence-electron chi connectivity index (χ4n) is 3.45. The van der Waals surface area contributed by atoms with Gasteiger partial charge in [-0.15, -0.1) is 0 Å². The van der Waals surface area contributed by atoms with Crippen molar-refractivity contribution in [1.82, 2.24) is 15.1 Å². The fraction of sp³-hybridized carbons (Fsp3) is 1.00. The van der Waals surface area contributed by atoms with Crippen LogP contribution < -0.4 is 5.32 Å². The van der Waals surface area contributed by atoms with Crippen LogP contribution in [0.4, 0.5) is 0 Å². The van der Waals surface area contributed by atoms with Crippen molar-refractivity contribution in [1.29, 1.82) is 0 Å². The summed E-state index contributed by atoms with van der Waals surface area (Å²) in [6.07, 6.45) is 4.09. The Hall–Kier alpha value is -0.120. The van der Waals surface area contributed by atoms with Crippen LogP contribution in [0.5, 0.6) is 0 Å². The highest BCUT2D eigenvalue weighted by Crippen LogP contribution is 2.26. The summed E-state index contributed by atoms with van der Waals surface area (Å²) in [6, 6.07) is 2.30. The molecule has 2 saturated heterocycles. The van der Waals surface area contributed by atoms with E-state index >= 15 is 0 Å². The molecule has 0 aromatic rings. The Morgan fingerprint density at radius 1 is 1.38 bits per heavy atom. The summed E-state index contributed by atoms with van der Waals surface area (Å²) in [4.78, 5) is 5.44. The Morgan fingerprint density at radius 3 is 2.88 bits per heavy atom. The van der Waals surface area contributed by atoms with E-state index in [0.29, 0.717) is 0 Å². The molecule has 3 unspecified atom stereocenters. The number of piperazine rings is 1. The second-order valence-electron chi connectivity index (χ2n) is 5.46. The van der Waals surface area contributed by atoms with Gasteiger partial charge in [0.25, 0.3) is 0 Å². The van der Waals surface area contributed by atoms with Crippen molar-refractivity contribution >= 4 is 0 Å². The number of hydrogen-bond acceptors (Lipinski definition) is 3. The minimum absolute atomic E-state index is 0.725. The summed E-state index contributed by atoms with van der Waals surface area (Å²) in [5.41, 5.74) is 0. The maximum absolute atomic E-state index is 3.34. The van der Waals surface area contributed by atoms with Crippen molar-refractivity contribution in [2.24, 2.45) is 0 Å². The first-order valence-corrected chi connectivity index (χ1v) is 6.90. The second-order valence-corrected chi connectivity index (χ2v) is 5.46. The maximum atomic E-state index is 3.34. The lowest BCUT2D eigenvalue weighted by atomic mass is 10.0. The van der Waals surface area contributed by atoms with E-state index in [1.165, 1.54) is 38.9 Å². The van der Waals surface area contributed by atoms with Crippen LogP contribution in [-0.2, 0) is 0 Å². The standard InChI is InChI=1S/C13H27N3/c1-4-12(8-14-3)16-10-13-6-5-7-15(13)9-11(16)2/h11-14H,4-10H2,1-3H3. The first-order valence-electron chi connectivity index (χ1n) is 6.90. The Kier molecular flexibility index (Phi) is 4.22. The predicted molar refractivity (Wildman–Crippen MR) is 68.8 cm³/mol. The molecule has 0 spiro atoms. The minimum atomic E-state index is 0.725. The molecule has 0 aliphatic carbocycles. The molecule has 16 heavy (non-hydrogen) atoms. The van der Waals surface area contributed by atoms with Crippen molar-refractivity contribution in [3.05, 3.63) is 0 Å². The zero-order chi connectivity index (χ0) is 11.5. The van der Waals surface area contributed by atoms with E-state index < -0.39 is 0 Å². The third-order valence-corrected chi connectivity index (χ3v) is 4.37. The molecule has 2 aliphatic rings. The lowest BCUT2D eigenvalue weighted by Crippen LogP contribution is -2.59. The van der Waals surface area contributed by atoms with Gasteiger partial charge >= 0.3 is 0 Å². The Labute approximate surface area is 100 Å². The zero-order valence-electron chi connectivity index (χ0n) is 11.1. The quantitative estimate of drug-likeness (QED) is 0.774. The molecule has 2 rings (SSSR count). The summed E-state index contributed by atoms with van der Waals surface area (Å²) in [7, 11) is 2.07. The smallest absolute Gasteiger partial charge is 0.0224 e. The first-order chi connectivity index (χ1) is 7.76. The van der Waals surface area contributed by atoms with Crippen LogP contribution in [0.2, 0.25) is 0 Å². The maximum Gasteiger partial charge on any atom is 0.0224 e. The third kappa shape index (κ3) is 2.41. The average Bonchev–Trinajstić information content (AvgIpc) is 2.72. The van der Waals surface area contributed by atoms with Crippen molar-refractivity contribution in [2.75, 3.05) is 33.2 Å². The van der Waals surface area contributed by atoms with E-state index in [1.54, 1.807) is 0 Å². The first kappa shape index (κ1) is 12.3. The van der Waals surface area contributed by atoms with Gasteiger partial charge in [-0.2, -0.15) is 0 Å². The monoisotopic (exact) mass is 225 g/mol. The predicted octanol–water partition coefficient (Wildman–Crippen LogP) is 1.15. The Balaban J connectivity index is 1.97. The van der Waals surface area contributed by atoms with Crippen LogP contribution >= 0.6 is 0 Å². The van der Waals surface area contributed by atoms with Crippen molar-refractivity contribution in [3.8, 4) is 0 Å². The molecule has 3 heteroatoms. The second kappa shape index (κ2) is 5.48. The molecule has 0 bridgehead atoms. The molecular formula is C13H27N3. The number of nitrogens with one attached hydrogen (secondary N) is 1. The molecular weight excluding hydrogens is 198 g/mol. The van der Waals surface area contributed by atoms with E-state index in [-0.39, 0.29) is 0 Å². The topological polar surface area (TPSA) is 18.5 Å². The van der Waals surface area contributed by atoms with Gasteiger partial charge in [-0.05, 0) is 39.8 Å². The number of likely N-dealkylation sites (N-methyl/N-ethyl adjacent to an activating group) is 1. The molecule has 2 aliphatic heterocycles. The molecule has 2 heterocycles. The van der Waals surface area contributed by atoms with Gasteiger partial charge in [0, 0.05) is 37.8 Å². The summed E-state index contributed by atoms with van der Waals surface area (Å²) < 4.78 is 0. The van der Waals surface area contributed by atoms with Gasteiger partial charge in [0.05, 0.1) is 0 Å². The fourth-order valence-corrected chi connectivity index (χ4v) is 3.45. The molecule has 0 saturated carbocycles. The number of nitrogens with zero attached hydrogens (tertiary/aromatic N) is 2. The van der Waals surface area contributed by atoms with Crippen molar-refractivity contribution in [3.63, 3.8) is 0 Å². The van der Waals surface area contributed by atoms with E-state index in [2.05, 4.69) is 36.0 Å². The summed E-state index contributed by atoms with van der Waals surface area (Å²) >= 11 is 0. The molecule has 0 radical (unpaired) electrons. The van der Waals surface area contributed by atoms with Crippen LogP contribution in [0.15, 0.2) is 0 Å². The molecule has 0 aromatic carbocycles. The highest BCUT2D eigenvalue weighted by Gasteiger charge is 2.36. The number of rotatable bonds is 4. The van der Waals surface area contributed by atoms with E-state index in [0.717, 1.165) is 24.7 Å². The van der Waals surface area contributed by atoms with Gasteiger partial charge in [0.2, 0.25) is 0 Å². The van der Waals surface area contributed by atoms with E-state index in [9.17, 15) is 0 Å². The van der Waals surface area contributed by atoms with Crippen LogP contribution in [0.3, 0.4) is 0 Å². The van der Waals surface area contributed by atoms with Crippen molar-refractivity contribution < 1.29 is 0 Å². The van der Waals surface area contributed by atoms with Gasteiger partial charge in [-0.25, -0.2) is 0 Å². The van der Waals surface area contributed by atoms with Gasteiger partial charge in [0.15, 0.2) is 0 Å². The lowest BCUT2D eigenvalue weighted by Gasteiger charge is -2.46. The van der Waals surface area contributed by atoms with E-state index in [4.69, 9.17) is 0 Å². The summed E-state index contributed by atoms with van der Waals surface area (Å²) in [5.74, 6) is 0. The Bertz CT molecular complexity index is 219. The molecule has 3 atom stereocenters. The van der Waals surface area contributed by atoms with Crippen molar-refractivity contribution in [2.45, 2.75) is 51.2 Å². The Morgan fingerprint density at radius 2 is 2.19 bits per heavy atom.